The highest BCUT2D eigenvalue weighted by Crippen LogP contribution is 2.06. The monoisotopic (exact) mass is 249 g/mol. The summed E-state index contributed by atoms with van der Waals surface area (Å²) in [4.78, 5) is 11.7. The van der Waals surface area contributed by atoms with Crippen LogP contribution in [0.15, 0.2) is 28.9 Å². The molecule has 0 bridgehead atoms. The third kappa shape index (κ3) is 3.17. The van der Waals surface area contributed by atoms with Gasteiger partial charge in [-0.25, -0.2) is 0 Å². The van der Waals surface area contributed by atoms with Crippen molar-refractivity contribution in [3.05, 3.63) is 36.0 Å². The summed E-state index contributed by atoms with van der Waals surface area (Å²) in [6.07, 6.45) is 4.18. The molecule has 3 N–H and O–H groups in total. The molecule has 2 aromatic heterocycles. The Hall–Kier alpha value is -2.15. The fraction of sp³-hybridized carbons (Fsp3) is 0.364. The predicted molar refractivity (Wildman–Crippen MR) is 63.6 cm³/mol. The van der Waals surface area contributed by atoms with E-state index in [1.807, 2.05) is 0 Å². The van der Waals surface area contributed by atoms with Crippen LogP contribution in [-0.2, 0) is 13.1 Å². The molecule has 96 valence electrons. The lowest BCUT2D eigenvalue weighted by Crippen LogP contribution is -2.24. The van der Waals surface area contributed by atoms with Crippen LogP contribution in [0.4, 0.5) is 0 Å². The smallest absolute Gasteiger partial charge is 0.286 e. The van der Waals surface area contributed by atoms with Gasteiger partial charge in [0.25, 0.3) is 5.91 Å². The van der Waals surface area contributed by atoms with Crippen molar-refractivity contribution in [3.8, 4) is 0 Å². The van der Waals surface area contributed by atoms with E-state index >= 15 is 0 Å². The number of nitrogens with one attached hydrogen (secondary N) is 1. The Morgan fingerprint density at radius 2 is 2.39 bits per heavy atom. The second kappa shape index (κ2) is 5.97. The quantitative estimate of drug-likeness (QED) is 0.710. The Balaban J connectivity index is 1.71. The van der Waals surface area contributed by atoms with Gasteiger partial charge >= 0.3 is 0 Å². The lowest BCUT2D eigenvalue weighted by molar-refractivity contribution is 0.0923. The van der Waals surface area contributed by atoms with Crippen LogP contribution >= 0.6 is 0 Å². The number of carbonyl (C=O) groups is 1. The first-order valence-electron chi connectivity index (χ1n) is 5.70. The largest absolute Gasteiger partial charge is 0.455 e. The first-order chi connectivity index (χ1) is 8.79. The molecule has 0 saturated heterocycles. The minimum Gasteiger partial charge on any atom is -0.455 e. The number of carbonyl (C=O) groups excluding carboxylic acids is 1. The third-order valence-electron chi connectivity index (χ3n) is 2.41. The lowest BCUT2D eigenvalue weighted by atomic mass is 10.3. The number of furan rings is 1. The van der Waals surface area contributed by atoms with E-state index in [0.717, 1.165) is 6.42 Å². The minimum absolute atomic E-state index is 0.228. The van der Waals surface area contributed by atoms with E-state index in [1.54, 1.807) is 29.2 Å². The number of rotatable bonds is 6. The molecule has 0 radical (unpaired) electrons. The van der Waals surface area contributed by atoms with Gasteiger partial charge in [0.15, 0.2) is 5.76 Å². The number of hydrogen-bond acceptors (Lipinski definition) is 5. The molecule has 0 atom stereocenters. The Morgan fingerprint density at radius 3 is 3.06 bits per heavy atom. The lowest BCUT2D eigenvalue weighted by Gasteiger charge is -2.03. The zero-order chi connectivity index (χ0) is 12.8. The standard InChI is InChI=1S/C11H15N5O2/c12-8-9-2-3-10(18-9)11(17)13-4-1-6-16-7-5-14-15-16/h2-3,5,7H,1,4,6,8,12H2,(H,13,17). The molecular formula is C11H15N5O2. The average molecular weight is 249 g/mol. The molecule has 0 aliphatic carbocycles. The van der Waals surface area contributed by atoms with E-state index in [-0.39, 0.29) is 11.7 Å². The Bertz CT molecular complexity index is 491. The molecular weight excluding hydrogens is 234 g/mol. The van der Waals surface area contributed by atoms with Crippen LogP contribution in [0.1, 0.15) is 22.7 Å². The SMILES string of the molecule is NCc1ccc(C(=O)NCCCn2ccnn2)o1. The highest BCUT2D eigenvalue weighted by Gasteiger charge is 2.09. The highest BCUT2D eigenvalue weighted by atomic mass is 16.4. The van der Waals surface area contributed by atoms with Gasteiger partial charge in [-0.05, 0) is 18.6 Å². The molecule has 0 aromatic carbocycles. The van der Waals surface area contributed by atoms with Crippen LogP contribution in [0.2, 0.25) is 0 Å². The molecule has 0 spiro atoms. The normalized spacial score (nSPS) is 10.5. The summed E-state index contributed by atoms with van der Waals surface area (Å²) in [5.41, 5.74) is 5.40. The molecule has 0 fully saturated rings. The van der Waals surface area contributed by atoms with Crippen LogP contribution in [0.5, 0.6) is 0 Å². The van der Waals surface area contributed by atoms with Crippen molar-refractivity contribution in [2.24, 2.45) is 5.73 Å². The van der Waals surface area contributed by atoms with Crippen molar-refractivity contribution in [2.45, 2.75) is 19.5 Å². The van der Waals surface area contributed by atoms with E-state index in [4.69, 9.17) is 10.2 Å². The van der Waals surface area contributed by atoms with Gasteiger partial charge in [0.2, 0.25) is 0 Å². The van der Waals surface area contributed by atoms with Gasteiger partial charge in [0.1, 0.15) is 5.76 Å². The van der Waals surface area contributed by atoms with Gasteiger partial charge in [-0.3, -0.25) is 9.48 Å². The number of aryl methyl sites for hydroxylation is 1. The molecule has 18 heavy (non-hydrogen) atoms. The molecule has 2 heterocycles. The molecule has 7 heteroatoms. The maximum absolute atomic E-state index is 11.7. The molecule has 7 nitrogen and oxygen atoms in total. The minimum atomic E-state index is -0.228. The molecule has 0 unspecified atom stereocenters. The fourth-order valence-electron chi connectivity index (χ4n) is 1.49. The summed E-state index contributed by atoms with van der Waals surface area (Å²) < 4.78 is 6.95. The zero-order valence-corrected chi connectivity index (χ0v) is 9.87. The van der Waals surface area contributed by atoms with Crippen molar-refractivity contribution in [1.29, 1.82) is 0 Å². The first kappa shape index (κ1) is 12.3. The third-order valence-corrected chi connectivity index (χ3v) is 2.41. The van der Waals surface area contributed by atoms with Crippen molar-refractivity contribution in [2.75, 3.05) is 6.54 Å². The van der Waals surface area contributed by atoms with Crippen molar-refractivity contribution in [3.63, 3.8) is 0 Å². The number of hydrogen-bond donors (Lipinski definition) is 2. The topological polar surface area (TPSA) is 99.0 Å². The summed E-state index contributed by atoms with van der Waals surface area (Å²) in [6, 6.07) is 3.32. The summed E-state index contributed by atoms with van der Waals surface area (Å²) >= 11 is 0. The van der Waals surface area contributed by atoms with E-state index in [2.05, 4.69) is 15.6 Å². The first-order valence-corrected chi connectivity index (χ1v) is 5.70. The van der Waals surface area contributed by atoms with Crippen molar-refractivity contribution >= 4 is 5.91 Å². The van der Waals surface area contributed by atoms with E-state index in [0.29, 0.717) is 25.4 Å². The summed E-state index contributed by atoms with van der Waals surface area (Å²) in [5.74, 6) is 0.660. The van der Waals surface area contributed by atoms with Gasteiger partial charge < -0.3 is 15.5 Å². The van der Waals surface area contributed by atoms with Gasteiger partial charge in [0.05, 0.1) is 12.7 Å². The Kier molecular flexibility index (Phi) is 4.08. The van der Waals surface area contributed by atoms with Gasteiger partial charge in [-0.2, -0.15) is 0 Å². The van der Waals surface area contributed by atoms with Crippen LogP contribution < -0.4 is 11.1 Å². The van der Waals surface area contributed by atoms with Crippen LogP contribution in [0.25, 0.3) is 0 Å². The van der Waals surface area contributed by atoms with Crippen LogP contribution in [0, 0.1) is 0 Å². The molecule has 0 saturated carbocycles. The Morgan fingerprint density at radius 1 is 1.50 bits per heavy atom. The maximum Gasteiger partial charge on any atom is 0.286 e. The maximum atomic E-state index is 11.7. The molecule has 2 aromatic rings. The number of nitrogens with zero attached hydrogens (tertiary/aromatic N) is 3. The highest BCUT2D eigenvalue weighted by molar-refractivity contribution is 5.91. The summed E-state index contributed by atoms with van der Waals surface area (Å²) in [5, 5.41) is 10.3. The van der Waals surface area contributed by atoms with Gasteiger partial charge in [-0.1, -0.05) is 5.21 Å². The van der Waals surface area contributed by atoms with E-state index in [1.165, 1.54) is 0 Å². The zero-order valence-electron chi connectivity index (χ0n) is 9.87. The molecule has 1 amide bonds. The Labute approximate surface area is 104 Å². The van der Waals surface area contributed by atoms with Gasteiger partial charge in [-0.15, -0.1) is 5.10 Å². The van der Waals surface area contributed by atoms with Crippen molar-refractivity contribution in [1.82, 2.24) is 20.3 Å². The molecule has 0 aliphatic heterocycles. The van der Waals surface area contributed by atoms with E-state index < -0.39 is 0 Å². The van der Waals surface area contributed by atoms with Crippen LogP contribution in [-0.4, -0.2) is 27.4 Å². The summed E-state index contributed by atoms with van der Waals surface area (Å²) in [6.45, 7) is 1.56. The second-order valence-corrected chi connectivity index (χ2v) is 3.75. The second-order valence-electron chi connectivity index (χ2n) is 3.75. The van der Waals surface area contributed by atoms with Crippen LogP contribution in [0.3, 0.4) is 0 Å². The molecule has 2 rings (SSSR count). The molecule has 0 aliphatic rings. The van der Waals surface area contributed by atoms with Crippen molar-refractivity contribution < 1.29 is 9.21 Å². The number of aromatic nitrogens is 3. The van der Waals surface area contributed by atoms with Gasteiger partial charge in [0, 0.05) is 19.3 Å². The average Bonchev–Trinajstić information content (AvgIpc) is 3.05. The fourth-order valence-corrected chi connectivity index (χ4v) is 1.49. The van der Waals surface area contributed by atoms with E-state index in [9.17, 15) is 4.79 Å². The number of nitrogens with two attached hydrogens (primary N) is 1. The summed E-state index contributed by atoms with van der Waals surface area (Å²) in [7, 11) is 0. The predicted octanol–water partition coefficient (Wildman–Crippen LogP) is 0.150. The number of amides is 1.